The van der Waals surface area contributed by atoms with Crippen molar-refractivity contribution < 1.29 is 71.5 Å². The van der Waals surface area contributed by atoms with E-state index in [2.05, 4.69) is 0 Å². The van der Waals surface area contributed by atoms with Gasteiger partial charge in [0.05, 0.1) is 0 Å². The second-order valence-electron chi connectivity index (χ2n) is 7.90. The van der Waals surface area contributed by atoms with Crippen molar-refractivity contribution >= 4 is 17.9 Å². The fourth-order valence-corrected chi connectivity index (χ4v) is 2.87. The van der Waals surface area contributed by atoms with Crippen molar-refractivity contribution in [2.75, 3.05) is 0 Å². The third kappa shape index (κ3) is 15.9. The maximum absolute atomic E-state index is 10.4. The summed E-state index contributed by atoms with van der Waals surface area (Å²) in [6.45, 7) is 0. The van der Waals surface area contributed by atoms with Crippen molar-refractivity contribution in [3.05, 3.63) is 108 Å². The molecular weight excluding hydrogens is 602 g/mol. The van der Waals surface area contributed by atoms with Gasteiger partial charge in [-0.15, -0.1) is 0 Å². The molecule has 9 N–H and O–H groups in total. The largest absolute Gasteiger partial charge is 0.480 e. The van der Waals surface area contributed by atoms with Gasteiger partial charge in [-0.2, -0.15) is 0 Å². The van der Waals surface area contributed by atoms with Crippen LogP contribution >= 0.6 is 0 Å². The van der Waals surface area contributed by atoms with Crippen LogP contribution in [0.3, 0.4) is 0 Å². The minimum atomic E-state index is -0.959. The van der Waals surface area contributed by atoms with Crippen molar-refractivity contribution in [3.63, 3.8) is 0 Å². The molecule has 0 heterocycles. The van der Waals surface area contributed by atoms with Gasteiger partial charge in [0.2, 0.25) is 0 Å². The summed E-state index contributed by atoms with van der Waals surface area (Å²) in [7, 11) is 0. The summed E-state index contributed by atoms with van der Waals surface area (Å²) in [5, 5.41) is 25.6. The van der Waals surface area contributed by atoms with Gasteiger partial charge in [0.15, 0.2) is 0 Å². The van der Waals surface area contributed by atoms with Gasteiger partial charge in [0.25, 0.3) is 0 Å². The van der Waals surface area contributed by atoms with Gasteiger partial charge in [0.1, 0.15) is 18.1 Å². The molecule has 9 nitrogen and oxygen atoms in total. The molecule has 10 heteroatoms. The van der Waals surface area contributed by atoms with Gasteiger partial charge in [-0.25, -0.2) is 0 Å². The second-order valence-corrected chi connectivity index (χ2v) is 7.90. The SMILES string of the molecule is N[C@@H](Cc1ccccc1)C(=O)O.N[C@@H](Cc1ccccc1)C(=O)O.N[C@@H](Cc1ccccc1)C(=O)O.[Ce]. The van der Waals surface area contributed by atoms with E-state index in [4.69, 9.17) is 32.5 Å². The van der Waals surface area contributed by atoms with Crippen LogP contribution in [0.4, 0.5) is 0 Å². The maximum Gasteiger partial charge on any atom is 0.320 e. The van der Waals surface area contributed by atoms with Crippen LogP contribution in [0.1, 0.15) is 16.7 Å². The van der Waals surface area contributed by atoms with Gasteiger partial charge in [0, 0.05) is 41.7 Å². The van der Waals surface area contributed by atoms with Gasteiger partial charge >= 0.3 is 17.9 Å². The molecule has 0 spiro atoms. The van der Waals surface area contributed by atoms with Crippen LogP contribution in [0.5, 0.6) is 0 Å². The van der Waals surface area contributed by atoms with Crippen molar-refractivity contribution in [3.8, 4) is 0 Å². The van der Waals surface area contributed by atoms with E-state index in [0.717, 1.165) is 16.7 Å². The molecule has 196 valence electrons. The molecule has 3 atom stereocenters. The number of rotatable bonds is 9. The Morgan fingerprint density at radius 1 is 0.486 bits per heavy atom. The summed E-state index contributed by atoms with van der Waals surface area (Å²) in [5.74, 6) is -2.88. The number of hydrogen-bond donors (Lipinski definition) is 6. The van der Waals surface area contributed by atoms with E-state index in [-0.39, 0.29) is 41.7 Å². The van der Waals surface area contributed by atoms with Crippen LogP contribution in [0.15, 0.2) is 91.0 Å². The number of nitrogens with two attached hydrogens (primary N) is 3. The smallest absolute Gasteiger partial charge is 0.320 e. The van der Waals surface area contributed by atoms with E-state index in [1.807, 2.05) is 91.0 Å². The molecule has 37 heavy (non-hydrogen) atoms. The van der Waals surface area contributed by atoms with Gasteiger partial charge in [-0.05, 0) is 36.0 Å². The molecule has 0 saturated carbocycles. The Morgan fingerprint density at radius 2 is 0.676 bits per heavy atom. The van der Waals surface area contributed by atoms with Crippen LogP contribution in [0.2, 0.25) is 0 Å². The van der Waals surface area contributed by atoms with Crippen molar-refractivity contribution in [2.45, 2.75) is 37.4 Å². The van der Waals surface area contributed by atoms with Crippen molar-refractivity contribution in [1.82, 2.24) is 0 Å². The van der Waals surface area contributed by atoms with Crippen LogP contribution in [-0.2, 0) is 33.6 Å². The number of aliphatic carboxylic acids is 3. The van der Waals surface area contributed by atoms with Crippen LogP contribution in [0, 0.1) is 41.7 Å². The van der Waals surface area contributed by atoms with Gasteiger partial charge in [-0.3, -0.25) is 14.4 Å². The fourth-order valence-electron chi connectivity index (χ4n) is 2.87. The zero-order valence-electron chi connectivity index (χ0n) is 20.3. The topological polar surface area (TPSA) is 190 Å². The van der Waals surface area contributed by atoms with E-state index in [0.29, 0.717) is 19.3 Å². The van der Waals surface area contributed by atoms with Crippen LogP contribution < -0.4 is 17.2 Å². The molecule has 3 aromatic carbocycles. The Kier molecular flexibility index (Phi) is 18.0. The quantitative estimate of drug-likeness (QED) is 0.204. The average Bonchev–Trinajstić information content (AvgIpc) is 2.86. The summed E-state index contributed by atoms with van der Waals surface area (Å²) in [6, 6.07) is 25.6. The standard InChI is InChI=1S/3C9H11NO2.Ce/c3*10-8(9(11)12)6-7-4-2-1-3-5-7;/h3*1-5,8H,6,10H2,(H,11,12);/t3*8-;/m000./s1. The summed E-state index contributed by atoms with van der Waals surface area (Å²) < 4.78 is 0. The summed E-state index contributed by atoms with van der Waals surface area (Å²) >= 11 is 0. The monoisotopic (exact) mass is 635 g/mol. The molecule has 0 bridgehead atoms. The van der Waals surface area contributed by atoms with Gasteiger partial charge < -0.3 is 32.5 Å². The summed E-state index contributed by atoms with van der Waals surface area (Å²) in [4.78, 5) is 31.1. The number of benzene rings is 3. The normalized spacial score (nSPS) is 12.1. The second kappa shape index (κ2) is 19.4. The van der Waals surface area contributed by atoms with Crippen LogP contribution in [-0.4, -0.2) is 51.4 Å². The molecular formula is C27H33CeN3O6. The Bertz CT molecular complexity index is 919. The first-order valence-corrected chi connectivity index (χ1v) is 11.2. The predicted octanol–water partition coefficient (Wildman–Crippen LogP) is 1.92. The van der Waals surface area contributed by atoms with Gasteiger partial charge in [-0.1, -0.05) is 91.0 Å². The number of hydrogen-bond acceptors (Lipinski definition) is 6. The summed E-state index contributed by atoms with van der Waals surface area (Å²) in [6.07, 6.45) is 1.16. The number of carboxylic acid groups (broad SMARTS) is 3. The first-order chi connectivity index (χ1) is 17.1. The molecule has 0 fully saturated rings. The van der Waals surface area contributed by atoms with Crippen molar-refractivity contribution in [2.24, 2.45) is 17.2 Å². The molecule has 0 saturated heterocycles. The molecule has 0 radical (unpaired) electrons. The number of carbonyl (C=O) groups is 3. The van der Waals surface area contributed by atoms with E-state index in [1.165, 1.54) is 0 Å². The maximum atomic E-state index is 10.4. The minimum absolute atomic E-state index is 0. The fraction of sp³-hybridized carbons (Fsp3) is 0.222. The van der Waals surface area contributed by atoms with E-state index in [9.17, 15) is 14.4 Å². The van der Waals surface area contributed by atoms with E-state index in [1.54, 1.807) is 0 Å². The van der Waals surface area contributed by atoms with E-state index < -0.39 is 36.0 Å². The molecule has 0 aliphatic rings. The Balaban J connectivity index is 0.000000518. The molecule has 0 aliphatic carbocycles. The molecule has 0 unspecified atom stereocenters. The molecule has 0 amide bonds. The first-order valence-electron chi connectivity index (χ1n) is 11.2. The molecule has 0 aliphatic heterocycles. The zero-order valence-corrected chi connectivity index (χ0v) is 23.5. The first kappa shape index (κ1) is 34.3. The third-order valence-electron chi connectivity index (χ3n) is 4.85. The average molecular weight is 636 g/mol. The predicted molar refractivity (Wildman–Crippen MR) is 137 cm³/mol. The molecule has 0 aromatic heterocycles. The van der Waals surface area contributed by atoms with Crippen LogP contribution in [0.25, 0.3) is 0 Å². The Morgan fingerprint density at radius 3 is 0.838 bits per heavy atom. The minimum Gasteiger partial charge on any atom is -0.480 e. The number of carboxylic acids is 3. The Hall–Kier alpha value is -2.67. The van der Waals surface area contributed by atoms with Crippen molar-refractivity contribution in [1.29, 1.82) is 0 Å². The van der Waals surface area contributed by atoms with E-state index >= 15 is 0 Å². The molecule has 3 rings (SSSR count). The third-order valence-corrected chi connectivity index (χ3v) is 4.85. The zero-order chi connectivity index (χ0) is 26.9. The Labute approximate surface area is 250 Å². The molecule has 3 aromatic rings. The summed E-state index contributed by atoms with van der Waals surface area (Å²) in [5.41, 5.74) is 18.9.